The smallest absolute Gasteiger partial charge is 0.222 e. The van der Waals surface area contributed by atoms with Crippen LogP contribution in [0.1, 0.15) is 46.5 Å². The third kappa shape index (κ3) is 6.92. The molecule has 2 rings (SSSR count). The number of carbonyl (C=O) groups excluding carboxylic acids is 1. The number of amides is 1. The molecule has 2 aliphatic heterocycles. The molecule has 0 bridgehead atoms. The molecule has 146 valence electrons. The summed E-state index contributed by atoms with van der Waals surface area (Å²) in [6.45, 7) is 11.5. The number of guanidine groups is 1. The largest absolute Gasteiger partial charge is 0.355 e. The fourth-order valence-electron chi connectivity index (χ4n) is 3.56. The van der Waals surface area contributed by atoms with Crippen LogP contribution in [0.25, 0.3) is 0 Å². The Morgan fingerprint density at radius 3 is 2.52 bits per heavy atom. The first kappa shape index (κ1) is 22.5. The molecule has 0 saturated carbocycles. The van der Waals surface area contributed by atoms with Crippen molar-refractivity contribution in [3.05, 3.63) is 0 Å². The van der Waals surface area contributed by atoms with Crippen LogP contribution < -0.4 is 10.6 Å². The van der Waals surface area contributed by atoms with Gasteiger partial charge >= 0.3 is 0 Å². The van der Waals surface area contributed by atoms with Crippen molar-refractivity contribution in [3.63, 3.8) is 0 Å². The summed E-state index contributed by atoms with van der Waals surface area (Å²) in [5, 5.41) is 6.92. The minimum atomic E-state index is 0. The van der Waals surface area contributed by atoms with Crippen LogP contribution in [0.5, 0.6) is 0 Å². The van der Waals surface area contributed by atoms with Crippen molar-refractivity contribution in [2.45, 2.75) is 58.5 Å². The van der Waals surface area contributed by atoms with Crippen LogP contribution in [-0.2, 0) is 4.79 Å². The van der Waals surface area contributed by atoms with Gasteiger partial charge in [0.2, 0.25) is 5.91 Å². The molecule has 2 aliphatic rings. The van der Waals surface area contributed by atoms with E-state index >= 15 is 0 Å². The van der Waals surface area contributed by atoms with Crippen LogP contribution in [0, 0.1) is 5.92 Å². The number of aliphatic imine (C=N–C) groups is 1. The van der Waals surface area contributed by atoms with E-state index in [9.17, 15) is 4.79 Å². The summed E-state index contributed by atoms with van der Waals surface area (Å²) in [6.07, 6.45) is 4.19. The summed E-state index contributed by atoms with van der Waals surface area (Å²) < 4.78 is 0. The first-order chi connectivity index (χ1) is 11.5. The van der Waals surface area contributed by atoms with Crippen molar-refractivity contribution in [2.75, 3.05) is 39.8 Å². The summed E-state index contributed by atoms with van der Waals surface area (Å²) in [6, 6.07) is 0.815. The van der Waals surface area contributed by atoms with Gasteiger partial charge in [-0.1, -0.05) is 13.8 Å². The number of hydrogen-bond acceptors (Lipinski definition) is 3. The topological polar surface area (TPSA) is 60.0 Å². The lowest BCUT2D eigenvalue weighted by molar-refractivity contribution is -0.129. The fraction of sp³-hybridized carbons (Fsp3) is 0.889. The summed E-state index contributed by atoms with van der Waals surface area (Å²) in [5.41, 5.74) is 0. The minimum absolute atomic E-state index is 0. The van der Waals surface area contributed by atoms with Gasteiger partial charge in [0.15, 0.2) is 5.96 Å². The lowest BCUT2D eigenvalue weighted by Crippen LogP contribution is -2.50. The van der Waals surface area contributed by atoms with Crippen LogP contribution in [0.3, 0.4) is 0 Å². The zero-order valence-electron chi connectivity index (χ0n) is 16.3. The maximum Gasteiger partial charge on any atom is 0.222 e. The molecule has 25 heavy (non-hydrogen) atoms. The quantitative estimate of drug-likeness (QED) is 0.370. The standard InChI is InChI=1S/C18H35N5O.HI/c1-5-17(24)23-11-8-16(13-23)21-18(19-4)20-12-15(3)22-9-6-14(2)7-10-22;/h14-16H,5-13H2,1-4H3,(H2,19,20,21);1H. The second-order valence-electron chi connectivity index (χ2n) is 7.34. The molecule has 0 aromatic carbocycles. The van der Waals surface area contributed by atoms with Crippen LogP contribution in [-0.4, -0.2) is 73.5 Å². The van der Waals surface area contributed by atoms with E-state index < -0.39 is 0 Å². The van der Waals surface area contributed by atoms with Crippen LogP contribution >= 0.6 is 24.0 Å². The highest BCUT2D eigenvalue weighted by Gasteiger charge is 2.26. The maximum absolute atomic E-state index is 11.8. The van der Waals surface area contributed by atoms with Crippen molar-refractivity contribution < 1.29 is 4.79 Å². The van der Waals surface area contributed by atoms with Gasteiger partial charge in [0.25, 0.3) is 0 Å². The lowest BCUT2D eigenvalue weighted by Gasteiger charge is -2.35. The number of halogens is 1. The van der Waals surface area contributed by atoms with Gasteiger partial charge < -0.3 is 15.5 Å². The third-order valence-corrected chi connectivity index (χ3v) is 5.41. The van der Waals surface area contributed by atoms with Gasteiger partial charge in [0, 0.05) is 45.2 Å². The summed E-state index contributed by atoms with van der Waals surface area (Å²) in [4.78, 5) is 20.6. The Labute approximate surface area is 170 Å². The molecule has 2 atom stereocenters. The Morgan fingerprint density at radius 1 is 1.24 bits per heavy atom. The van der Waals surface area contributed by atoms with E-state index in [1.165, 1.54) is 25.9 Å². The van der Waals surface area contributed by atoms with Gasteiger partial charge in [-0.25, -0.2) is 0 Å². The second kappa shape index (κ2) is 11.2. The molecule has 2 saturated heterocycles. The average molecular weight is 465 g/mol. The Hall–Kier alpha value is -0.570. The Morgan fingerprint density at radius 2 is 1.92 bits per heavy atom. The highest BCUT2D eigenvalue weighted by molar-refractivity contribution is 14.0. The van der Waals surface area contributed by atoms with E-state index in [0.29, 0.717) is 18.5 Å². The van der Waals surface area contributed by atoms with Gasteiger partial charge in [0.1, 0.15) is 0 Å². The molecule has 2 N–H and O–H groups in total. The van der Waals surface area contributed by atoms with Crippen molar-refractivity contribution in [3.8, 4) is 0 Å². The molecule has 2 heterocycles. The monoisotopic (exact) mass is 465 g/mol. The average Bonchev–Trinajstić information content (AvgIpc) is 3.06. The number of rotatable bonds is 5. The highest BCUT2D eigenvalue weighted by Crippen LogP contribution is 2.17. The van der Waals surface area contributed by atoms with E-state index in [1.807, 2.05) is 18.9 Å². The molecular weight excluding hydrogens is 429 g/mol. The molecule has 2 fully saturated rings. The molecule has 6 nitrogen and oxygen atoms in total. The zero-order valence-corrected chi connectivity index (χ0v) is 18.6. The SMILES string of the molecule is CCC(=O)N1CCC(NC(=NC)NCC(C)N2CCC(C)CC2)C1.I. The van der Waals surface area contributed by atoms with E-state index in [-0.39, 0.29) is 29.9 Å². The van der Waals surface area contributed by atoms with Gasteiger partial charge in [0.05, 0.1) is 0 Å². The highest BCUT2D eigenvalue weighted by atomic mass is 127. The number of likely N-dealkylation sites (tertiary alicyclic amines) is 2. The van der Waals surface area contributed by atoms with Gasteiger partial charge in [-0.05, 0) is 45.2 Å². The van der Waals surface area contributed by atoms with Crippen molar-refractivity contribution >= 4 is 35.8 Å². The molecule has 1 amide bonds. The number of carbonyl (C=O) groups is 1. The molecule has 0 aromatic heterocycles. The number of hydrogen-bond donors (Lipinski definition) is 2. The molecule has 0 spiro atoms. The van der Waals surface area contributed by atoms with Crippen LogP contribution in [0.4, 0.5) is 0 Å². The minimum Gasteiger partial charge on any atom is -0.355 e. The summed E-state index contributed by atoms with van der Waals surface area (Å²) in [5.74, 6) is 1.96. The van der Waals surface area contributed by atoms with Gasteiger partial charge in [-0.3, -0.25) is 14.7 Å². The summed E-state index contributed by atoms with van der Waals surface area (Å²) in [7, 11) is 1.81. The van der Waals surface area contributed by atoms with E-state index in [0.717, 1.165) is 37.9 Å². The van der Waals surface area contributed by atoms with E-state index in [2.05, 4.69) is 34.4 Å². The zero-order chi connectivity index (χ0) is 17.5. The van der Waals surface area contributed by atoms with Gasteiger partial charge in [-0.2, -0.15) is 0 Å². The molecule has 7 heteroatoms. The Balaban J connectivity index is 0.00000312. The van der Waals surface area contributed by atoms with Crippen LogP contribution in [0.15, 0.2) is 4.99 Å². The fourth-order valence-corrected chi connectivity index (χ4v) is 3.56. The van der Waals surface area contributed by atoms with E-state index in [4.69, 9.17) is 0 Å². The molecule has 2 unspecified atom stereocenters. The molecule has 0 aromatic rings. The van der Waals surface area contributed by atoms with Crippen molar-refractivity contribution in [2.24, 2.45) is 10.9 Å². The molecular formula is C18H36IN5O. The Kier molecular flexibility index (Phi) is 10.1. The second-order valence-corrected chi connectivity index (χ2v) is 7.34. The first-order valence-electron chi connectivity index (χ1n) is 9.52. The Bertz CT molecular complexity index is 437. The van der Waals surface area contributed by atoms with Crippen LogP contribution in [0.2, 0.25) is 0 Å². The normalized spacial score (nSPS) is 23.9. The lowest BCUT2D eigenvalue weighted by atomic mass is 9.98. The van der Waals surface area contributed by atoms with E-state index in [1.54, 1.807) is 0 Å². The molecule has 0 radical (unpaired) electrons. The predicted molar refractivity (Wildman–Crippen MR) is 115 cm³/mol. The van der Waals surface area contributed by atoms with Crippen molar-refractivity contribution in [1.29, 1.82) is 0 Å². The third-order valence-electron chi connectivity index (χ3n) is 5.41. The number of nitrogens with one attached hydrogen (secondary N) is 2. The number of piperidine rings is 1. The predicted octanol–water partition coefficient (Wildman–Crippen LogP) is 1.90. The van der Waals surface area contributed by atoms with Crippen molar-refractivity contribution in [1.82, 2.24) is 20.4 Å². The van der Waals surface area contributed by atoms with Gasteiger partial charge in [-0.15, -0.1) is 24.0 Å². The maximum atomic E-state index is 11.8. The summed E-state index contributed by atoms with van der Waals surface area (Å²) >= 11 is 0. The first-order valence-corrected chi connectivity index (χ1v) is 9.52. The number of nitrogens with zero attached hydrogens (tertiary/aromatic N) is 3. The molecule has 0 aliphatic carbocycles.